The molecule has 0 unspecified atom stereocenters. The van der Waals surface area contributed by atoms with E-state index < -0.39 is 6.03 Å². The van der Waals surface area contributed by atoms with Crippen molar-refractivity contribution >= 4 is 29.2 Å². The molecule has 154 valence electrons. The van der Waals surface area contributed by atoms with Crippen molar-refractivity contribution in [1.29, 1.82) is 0 Å². The molecular formula is C22H28N4O3. The van der Waals surface area contributed by atoms with Gasteiger partial charge in [-0.2, -0.15) is 0 Å². The molecule has 2 aromatic carbocycles. The molecule has 0 atom stereocenters. The Bertz CT molecular complexity index is 807. The largest absolute Gasteiger partial charge is 0.355 e. The zero-order valence-corrected chi connectivity index (χ0v) is 16.9. The molecule has 7 heteroatoms. The van der Waals surface area contributed by atoms with Crippen molar-refractivity contribution in [1.82, 2.24) is 10.6 Å². The molecule has 0 aliphatic heterocycles. The zero-order chi connectivity index (χ0) is 21.1. The number of urea groups is 1. The molecule has 0 saturated carbocycles. The number of rotatable bonds is 9. The quantitative estimate of drug-likeness (QED) is 0.609. The molecule has 29 heavy (non-hydrogen) atoms. The van der Waals surface area contributed by atoms with E-state index in [0.717, 1.165) is 17.7 Å². The average molecular weight is 396 g/mol. The lowest BCUT2D eigenvalue weighted by molar-refractivity contribution is -0.120. The summed E-state index contributed by atoms with van der Waals surface area (Å²) in [5.74, 6) is -0.218. The summed E-state index contributed by atoms with van der Waals surface area (Å²) < 4.78 is 0. The number of carbonyl (C=O) groups excluding carboxylic acids is 3. The van der Waals surface area contributed by atoms with Gasteiger partial charge < -0.3 is 20.9 Å². The van der Waals surface area contributed by atoms with Crippen LogP contribution in [0.15, 0.2) is 54.6 Å². The number of likely N-dealkylation sites (N-methyl/N-ethyl adjacent to an activating group) is 1. The van der Waals surface area contributed by atoms with Crippen LogP contribution in [0.3, 0.4) is 0 Å². The van der Waals surface area contributed by atoms with Gasteiger partial charge in [-0.15, -0.1) is 0 Å². The minimum absolute atomic E-state index is 0.00949. The van der Waals surface area contributed by atoms with Crippen LogP contribution >= 0.6 is 0 Å². The van der Waals surface area contributed by atoms with E-state index in [9.17, 15) is 14.4 Å². The van der Waals surface area contributed by atoms with Gasteiger partial charge in [-0.1, -0.05) is 37.3 Å². The standard InChI is InChI=1S/C22H28N4O3/c1-3-14-23-20(27)16-24-22(29)25-18-12-10-17(11-13-18)15-21(28)26(4-2)19-8-6-5-7-9-19/h5-13H,3-4,14-16H2,1-2H3,(H,23,27)(H2,24,25,29). The molecule has 0 aliphatic carbocycles. The highest BCUT2D eigenvalue weighted by Crippen LogP contribution is 2.16. The molecule has 3 N–H and O–H groups in total. The van der Waals surface area contributed by atoms with E-state index in [-0.39, 0.29) is 24.8 Å². The fraction of sp³-hybridized carbons (Fsp3) is 0.318. The first-order valence-corrected chi connectivity index (χ1v) is 9.79. The third kappa shape index (κ3) is 7.29. The van der Waals surface area contributed by atoms with E-state index >= 15 is 0 Å². The van der Waals surface area contributed by atoms with Crippen molar-refractivity contribution in [3.05, 3.63) is 60.2 Å². The van der Waals surface area contributed by atoms with Crippen LogP contribution in [0.5, 0.6) is 0 Å². The average Bonchev–Trinajstić information content (AvgIpc) is 2.73. The first kappa shape index (κ1) is 21.9. The summed E-state index contributed by atoms with van der Waals surface area (Å²) >= 11 is 0. The Kier molecular flexibility index (Phi) is 8.69. The smallest absolute Gasteiger partial charge is 0.319 e. The molecular weight excluding hydrogens is 368 g/mol. The maximum absolute atomic E-state index is 12.6. The van der Waals surface area contributed by atoms with Crippen LogP contribution in [-0.2, 0) is 16.0 Å². The van der Waals surface area contributed by atoms with E-state index in [0.29, 0.717) is 18.8 Å². The lowest BCUT2D eigenvalue weighted by atomic mass is 10.1. The van der Waals surface area contributed by atoms with Crippen molar-refractivity contribution in [3.8, 4) is 0 Å². The maximum atomic E-state index is 12.6. The summed E-state index contributed by atoms with van der Waals surface area (Å²) in [6, 6.07) is 16.2. The van der Waals surface area contributed by atoms with Crippen molar-refractivity contribution in [2.75, 3.05) is 29.9 Å². The molecule has 0 fully saturated rings. The number of hydrogen-bond donors (Lipinski definition) is 3. The highest BCUT2D eigenvalue weighted by molar-refractivity contribution is 5.95. The molecule has 0 aliphatic rings. The SMILES string of the molecule is CCCNC(=O)CNC(=O)Nc1ccc(CC(=O)N(CC)c2ccccc2)cc1. The number of nitrogens with zero attached hydrogens (tertiary/aromatic N) is 1. The predicted octanol–water partition coefficient (Wildman–Crippen LogP) is 2.93. The van der Waals surface area contributed by atoms with Crippen LogP contribution in [0, 0.1) is 0 Å². The molecule has 2 aromatic rings. The number of carbonyl (C=O) groups is 3. The van der Waals surface area contributed by atoms with Crippen molar-refractivity contribution in [2.45, 2.75) is 26.7 Å². The van der Waals surface area contributed by atoms with Gasteiger partial charge in [0.05, 0.1) is 13.0 Å². The summed E-state index contributed by atoms with van der Waals surface area (Å²) in [4.78, 5) is 37.8. The van der Waals surface area contributed by atoms with Gasteiger partial charge in [0.1, 0.15) is 0 Å². The predicted molar refractivity (Wildman–Crippen MR) is 115 cm³/mol. The molecule has 4 amide bonds. The van der Waals surface area contributed by atoms with E-state index in [4.69, 9.17) is 0 Å². The molecule has 0 spiro atoms. The van der Waals surface area contributed by atoms with Gasteiger partial charge >= 0.3 is 6.03 Å². The fourth-order valence-corrected chi connectivity index (χ4v) is 2.75. The molecule has 0 aromatic heterocycles. The van der Waals surface area contributed by atoms with E-state index in [1.807, 2.05) is 44.2 Å². The number of para-hydroxylation sites is 1. The number of hydrogen-bond acceptors (Lipinski definition) is 3. The van der Waals surface area contributed by atoms with Crippen LogP contribution in [0.1, 0.15) is 25.8 Å². The van der Waals surface area contributed by atoms with Crippen molar-refractivity contribution in [3.63, 3.8) is 0 Å². The second kappa shape index (κ2) is 11.5. The van der Waals surface area contributed by atoms with Gasteiger partial charge in [0.2, 0.25) is 11.8 Å². The first-order chi connectivity index (χ1) is 14.0. The van der Waals surface area contributed by atoms with E-state index in [2.05, 4.69) is 16.0 Å². The highest BCUT2D eigenvalue weighted by atomic mass is 16.2. The normalized spacial score (nSPS) is 10.1. The molecule has 0 saturated heterocycles. The van der Waals surface area contributed by atoms with Gasteiger partial charge in [0, 0.05) is 24.5 Å². The van der Waals surface area contributed by atoms with Gasteiger partial charge in [-0.25, -0.2) is 4.79 Å². The van der Waals surface area contributed by atoms with Crippen LogP contribution < -0.4 is 20.9 Å². The van der Waals surface area contributed by atoms with Gasteiger partial charge in [-0.05, 0) is 43.2 Å². The van der Waals surface area contributed by atoms with Crippen LogP contribution in [0.4, 0.5) is 16.2 Å². The number of amides is 4. The Morgan fingerprint density at radius 1 is 0.897 bits per heavy atom. The van der Waals surface area contributed by atoms with Gasteiger partial charge in [0.15, 0.2) is 0 Å². The van der Waals surface area contributed by atoms with Crippen molar-refractivity contribution in [2.24, 2.45) is 0 Å². The summed E-state index contributed by atoms with van der Waals surface area (Å²) in [6.45, 7) is 5.00. The van der Waals surface area contributed by atoms with Crippen LogP contribution in [0.2, 0.25) is 0 Å². The van der Waals surface area contributed by atoms with E-state index in [1.54, 1.807) is 29.2 Å². The maximum Gasteiger partial charge on any atom is 0.319 e. The summed E-state index contributed by atoms with van der Waals surface area (Å²) in [6.07, 6.45) is 1.11. The number of nitrogens with one attached hydrogen (secondary N) is 3. The summed E-state index contributed by atoms with van der Waals surface area (Å²) in [5.41, 5.74) is 2.32. The summed E-state index contributed by atoms with van der Waals surface area (Å²) in [7, 11) is 0. The van der Waals surface area contributed by atoms with E-state index in [1.165, 1.54) is 0 Å². The van der Waals surface area contributed by atoms with Crippen LogP contribution in [-0.4, -0.2) is 37.5 Å². The molecule has 2 rings (SSSR count). The Balaban J connectivity index is 1.85. The Morgan fingerprint density at radius 3 is 2.21 bits per heavy atom. The molecule has 0 heterocycles. The Morgan fingerprint density at radius 2 is 1.59 bits per heavy atom. The molecule has 0 bridgehead atoms. The molecule has 7 nitrogen and oxygen atoms in total. The third-order valence-corrected chi connectivity index (χ3v) is 4.23. The second-order valence-corrected chi connectivity index (χ2v) is 6.50. The van der Waals surface area contributed by atoms with Crippen LogP contribution in [0.25, 0.3) is 0 Å². The summed E-state index contributed by atoms with van der Waals surface area (Å²) in [5, 5.41) is 7.86. The number of anilines is 2. The lowest BCUT2D eigenvalue weighted by Crippen LogP contribution is -2.39. The Hall–Kier alpha value is -3.35. The monoisotopic (exact) mass is 396 g/mol. The molecule has 0 radical (unpaired) electrons. The minimum Gasteiger partial charge on any atom is -0.355 e. The minimum atomic E-state index is -0.457. The first-order valence-electron chi connectivity index (χ1n) is 9.79. The van der Waals surface area contributed by atoms with Gasteiger partial charge in [-0.3, -0.25) is 9.59 Å². The lowest BCUT2D eigenvalue weighted by Gasteiger charge is -2.21. The second-order valence-electron chi connectivity index (χ2n) is 6.50. The zero-order valence-electron chi connectivity index (χ0n) is 16.9. The third-order valence-electron chi connectivity index (χ3n) is 4.23. The highest BCUT2D eigenvalue weighted by Gasteiger charge is 2.14. The topological polar surface area (TPSA) is 90.5 Å². The fourth-order valence-electron chi connectivity index (χ4n) is 2.75. The van der Waals surface area contributed by atoms with Gasteiger partial charge in [0.25, 0.3) is 0 Å². The van der Waals surface area contributed by atoms with Crippen molar-refractivity contribution < 1.29 is 14.4 Å². The number of benzene rings is 2. The Labute approximate surface area is 171 Å².